The number of rotatable bonds is 3. The summed E-state index contributed by atoms with van der Waals surface area (Å²) in [5.74, 6) is 0.379. The van der Waals surface area contributed by atoms with Crippen LogP contribution >= 0.6 is 15.9 Å². The van der Waals surface area contributed by atoms with Crippen LogP contribution in [0.25, 0.3) is 0 Å². The fourth-order valence-corrected chi connectivity index (χ4v) is 1.71. The van der Waals surface area contributed by atoms with Crippen LogP contribution in [-0.4, -0.2) is 9.97 Å². The van der Waals surface area contributed by atoms with Crippen molar-refractivity contribution in [1.29, 1.82) is 0 Å². The zero-order valence-corrected chi connectivity index (χ0v) is 11.2. The molecule has 1 unspecified atom stereocenters. The summed E-state index contributed by atoms with van der Waals surface area (Å²) >= 11 is 3.29. The number of nitrogens with zero attached hydrogens (tertiary/aromatic N) is 2. The molecule has 2 aromatic rings. The lowest BCUT2D eigenvalue weighted by Gasteiger charge is -2.15. The van der Waals surface area contributed by atoms with Crippen molar-refractivity contribution in [3.8, 4) is 5.75 Å². The Morgan fingerprint density at radius 1 is 1.33 bits per heavy atom. The van der Waals surface area contributed by atoms with Crippen LogP contribution in [0.3, 0.4) is 0 Å². The minimum absolute atomic E-state index is 0.298. The van der Waals surface area contributed by atoms with E-state index in [1.165, 1.54) is 6.07 Å². The van der Waals surface area contributed by atoms with E-state index in [4.69, 9.17) is 10.5 Å². The molecule has 4 nitrogen and oxygen atoms in total. The molecule has 1 atom stereocenters. The first-order chi connectivity index (χ1) is 8.56. The lowest BCUT2D eigenvalue weighted by molar-refractivity contribution is 0.222. The summed E-state index contributed by atoms with van der Waals surface area (Å²) in [6.07, 6.45) is 2.39. The molecule has 0 aliphatic rings. The molecule has 0 saturated carbocycles. The molecule has 6 heteroatoms. The summed E-state index contributed by atoms with van der Waals surface area (Å²) in [6.45, 7) is 1.81. The minimum atomic E-state index is -0.380. The Morgan fingerprint density at radius 2 is 2.11 bits per heavy atom. The van der Waals surface area contributed by atoms with Crippen molar-refractivity contribution in [2.24, 2.45) is 0 Å². The minimum Gasteiger partial charge on any atom is -0.481 e. The molecule has 2 heterocycles. The number of halogens is 2. The van der Waals surface area contributed by atoms with Gasteiger partial charge in [0, 0.05) is 10.7 Å². The van der Waals surface area contributed by atoms with Crippen molar-refractivity contribution in [1.82, 2.24) is 9.97 Å². The van der Waals surface area contributed by atoms with E-state index in [1.54, 1.807) is 25.3 Å². The van der Waals surface area contributed by atoms with Gasteiger partial charge >= 0.3 is 0 Å². The van der Waals surface area contributed by atoms with Gasteiger partial charge in [-0.15, -0.1) is 0 Å². The van der Waals surface area contributed by atoms with Crippen molar-refractivity contribution in [2.45, 2.75) is 13.0 Å². The predicted octanol–water partition coefficient (Wildman–Crippen LogP) is 3.10. The van der Waals surface area contributed by atoms with Gasteiger partial charge in [0.2, 0.25) is 0 Å². The monoisotopic (exact) mass is 311 g/mol. The second-order valence-corrected chi connectivity index (χ2v) is 4.61. The third-order valence-electron chi connectivity index (χ3n) is 2.32. The van der Waals surface area contributed by atoms with E-state index < -0.39 is 0 Å². The Hall–Kier alpha value is -1.69. The van der Waals surface area contributed by atoms with Gasteiger partial charge < -0.3 is 10.5 Å². The molecule has 2 N–H and O–H groups in total. The third-order valence-corrected chi connectivity index (χ3v) is 2.75. The van der Waals surface area contributed by atoms with Gasteiger partial charge in [0.15, 0.2) is 11.6 Å². The lowest BCUT2D eigenvalue weighted by Crippen LogP contribution is -2.07. The summed E-state index contributed by atoms with van der Waals surface area (Å²) in [4.78, 5) is 7.92. The SMILES string of the molecule is CC(Oc1cc(Br)cnc1N)c1ccc(F)cn1. The molecular formula is C12H11BrFN3O. The van der Waals surface area contributed by atoms with Crippen LogP contribution in [0, 0.1) is 5.82 Å². The number of hydrogen-bond acceptors (Lipinski definition) is 4. The molecule has 94 valence electrons. The molecule has 0 saturated heterocycles. The molecule has 0 aromatic carbocycles. The highest BCUT2D eigenvalue weighted by molar-refractivity contribution is 9.10. The van der Waals surface area contributed by atoms with Gasteiger partial charge in [-0.25, -0.2) is 9.37 Å². The van der Waals surface area contributed by atoms with Crippen LogP contribution < -0.4 is 10.5 Å². The number of anilines is 1. The van der Waals surface area contributed by atoms with Crippen LogP contribution in [0.1, 0.15) is 18.7 Å². The summed E-state index contributed by atoms with van der Waals surface area (Å²) in [7, 11) is 0. The van der Waals surface area contributed by atoms with Gasteiger partial charge in [-0.1, -0.05) is 0 Å². The zero-order valence-electron chi connectivity index (χ0n) is 9.60. The smallest absolute Gasteiger partial charge is 0.166 e. The largest absolute Gasteiger partial charge is 0.481 e. The van der Waals surface area contributed by atoms with Crippen LogP contribution in [0.2, 0.25) is 0 Å². The van der Waals surface area contributed by atoms with Crippen molar-refractivity contribution < 1.29 is 9.13 Å². The van der Waals surface area contributed by atoms with E-state index >= 15 is 0 Å². The van der Waals surface area contributed by atoms with Crippen LogP contribution in [0.15, 0.2) is 35.1 Å². The fourth-order valence-electron chi connectivity index (χ4n) is 1.40. The summed E-state index contributed by atoms with van der Waals surface area (Å²) < 4.78 is 19.2. The van der Waals surface area contributed by atoms with Crippen molar-refractivity contribution in [3.05, 3.63) is 46.6 Å². The number of pyridine rings is 2. The number of nitrogens with two attached hydrogens (primary N) is 1. The van der Waals surface area contributed by atoms with Crippen LogP contribution in [-0.2, 0) is 0 Å². The van der Waals surface area contributed by atoms with E-state index in [0.29, 0.717) is 17.3 Å². The predicted molar refractivity (Wildman–Crippen MR) is 69.6 cm³/mol. The molecule has 0 bridgehead atoms. The topological polar surface area (TPSA) is 61.0 Å². The van der Waals surface area contributed by atoms with E-state index in [2.05, 4.69) is 25.9 Å². The molecule has 18 heavy (non-hydrogen) atoms. The Bertz CT molecular complexity index is 548. The van der Waals surface area contributed by atoms with Crippen LogP contribution in [0.4, 0.5) is 10.2 Å². The average Bonchev–Trinajstić information content (AvgIpc) is 2.34. The molecular weight excluding hydrogens is 301 g/mol. The molecule has 0 fully saturated rings. The number of aromatic nitrogens is 2. The molecule has 0 aliphatic heterocycles. The van der Waals surface area contributed by atoms with Gasteiger partial charge in [0.05, 0.1) is 11.9 Å². The zero-order chi connectivity index (χ0) is 13.1. The maximum absolute atomic E-state index is 12.8. The molecule has 0 aliphatic carbocycles. The Morgan fingerprint density at radius 3 is 2.78 bits per heavy atom. The molecule has 0 spiro atoms. The Labute approximate surface area is 112 Å². The van der Waals surface area contributed by atoms with E-state index in [-0.39, 0.29) is 11.9 Å². The highest BCUT2D eigenvalue weighted by atomic mass is 79.9. The number of hydrogen-bond donors (Lipinski definition) is 1. The van der Waals surface area contributed by atoms with E-state index in [0.717, 1.165) is 10.7 Å². The van der Waals surface area contributed by atoms with Crippen molar-refractivity contribution >= 4 is 21.7 Å². The van der Waals surface area contributed by atoms with Gasteiger partial charge in [0.25, 0.3) is 0 Å². The molecule has 2 rings (SSSR count). The number of ether oxygens (including phenoxy) is 1. The average molecular weight is 312 g/mol. The summed E-state index contributed by atoms with van der Waals surface area (Å²) in [5, 5.41) is 0. The molecule has 0 radical (unpaired) electrons. The van der Waals surface area contributed by atoms with E-state index in [9.17, 15) is 4.39 Å². The molecule has 2 aromatic heterocycles. The standard InChI is InChI=1S/C12H11BrFN3O/c1-7(10-3-2-9(14)6-16-10)18-11-4-8(13)5-17-12(11)15/h2-7H,1H3,(H2,15,17). The lowest BCUT2D eigenvalue weighted by atomic mass is 10.2. The third kappa shape index (κ3) is 2.95. The van der Waals surface area contributed by atoms with Crippen molar-refractivity contribution in [2.75, 3.05) is 5.73 Å². The maximum atomic E-state index is 12.8. The Kier molecular flexibility index (Phi) is 3.76. The summed E-state index contributed by atoms with van der Waals surface area (Å²) in [5.41, 5.74) is 6.32. The second kappa shape index (κ2) is 5.30. The van der Waals surface area contributed by atoms with Gasteiger partial charge in [-0.3, -0.25) is 4.98 Å². The highest BCUT2D eigenvalue weighted by Gasteiger charge is 2.11. The maximum Gasteiger partial charge on any atom is 0.166 e. The first-order valence-corrected chi connectivity index (χ1v) is 6.04. The normalized spacial score (nSPS) is 12.2. The fraction of sp³-hybridized carbons (Fsp3) is 0.167. The highest BCUT2D eigenvalue weighted by Crippen LogP contribution is 2.27. The van der Waals surface area contributed by atoms with Crippen LogP contribution in [0.5, 0.6) is 5.75 Å². The Balaban J connectivity index is 2.18. The van der Waals surface area contributed by atoms with Gasteiger partial charge in [-0.2, -0.15) is 0 Å². The van der Waals surface area contributed by atoms with Gasteiger partial charge in [0.1, 0.15) is 11.9 Å². The quantitative estimate of drug-likeness (QED) is 0.946. The second-order valence-electron chi connectivity index (χ2n) is 3.70. The van der Waals surface area contributed by atoms with Crippen molar-refractivity contribution in [3.63, 3.8) is 0 Å². The summed E-state index contributed by atoms with van der Waals surface area (Å²) in [6, 6.07) is 4.63. The first-order valence-electron chi connectivity index (χ1n) is 5.25. The van der Waals surface area contributed by atoms with Gasteiger partial charge in [-0.05, 0) is 41.1 Å². The number of nitrogen functional groups attached to an aromatic ring is 1. The first kappa shape index (κ1) is 12.8. The molecule has 0 amide bonds. The van der Waals surface area contributed by atoms with E-state index in [1.807, 2.05) is 0 Å².